The van der Waals surface area contributed by atoms with Crippen LogP contribution in [0.1, 0.15) is 10.5 Å². The molecule has 3 aromatic carbocycles. The van der Waals surface area contributed by atoms with E-state index in [4.69, 9.17) is 27.9 Å². The fourth-order valence-electron chi connectivity index (χ4n) is 4.21. The van der Waals surface area contributed by atoms with Crippen molar-refractivity contribution in [1.82, 2.24) is 10.2 Å². The van der Waals surface area contributed by atoms with Crippen molar-refractivity contribution in [2.45, 2.75) is 0 Å². The zero-order chi connectivity index (χ0) is 24.4. The van der Waals surface area contributed by atoms with Gasteiger partial charge >= 0.3 is 0 Å². The third kappa shape index (κ3) is 4.83. The molecule has 5 rings (SSSR count). The van der Waals surface area contributed by atoms with E-state index in [-0.39, 0.29) is 11.6 Å². The van der Waals surface area contributed by atoms with Gasteiger partial charge in [-0.3, -0.25) is 4.79 Å². The number of anilines is 3. The Balaban J connectivity index is 1.36. The Morgan fingerprint density at radius 3 is 2.23 bits per heavy atom. The lowest BCUT2D eigenvalue weighted by atomic mass is 10.1. The molecule has 7 nitrogen and oxygen atoms in total. The predicted octanol–water partition coefficient (Wildman–Crippen LogP) is 5.52. The van der Waals surface area contributed by atoms with Gasteiger partial charge in [-0.1, -0.05) is 47.5 Å². The molecule has 1 aliphatic heterocycles. The molecule has 1 fully saturated rings. The minimum Gasteiger partial charge on any atom is -0.497 e. The van der Waals surface area contributed by atoms with E-state index in [1.54, 1.807) is 31.4 Å². The van der Waals surface area contributed by atoms with Gasteiger partial charge in [-0.25, -0.2) is 0 Å². The topological polar surface area (TPSA) is 70.6 Å². The number of amides is 1. The summed E-state index contributed by atoms with van der Waals surface area (Å²) in [5.41, 5.74) is 1.99. The van der Waals surface area contributed by atoms with Crippen molar-refractivity contribution in [3.05, 3.63) is 82.5 Å². The summed E-state index contributed by atoms with van der Waals surface area (Å²) in [6.07, 6.45) is 0. The van der Waals surface area contributed by atoms with Gasteiger partial charge in [0, 0.05) is 48.3 Å². The molecule has 1 amide bonds. The van der Waals surface area contributed by atoms with Crippen LogP contribution in [0.2, 0.25) is 10.0 Å². The summed E-state index contributed by atoms with van der Waals surface area (Å²) < 4.78 is 5.18. The Morgan fingerprint density at radius 1 is 0.857 bits per heavy atom. The van der Waals surface area contributed by atoms with Crippen LogP contribution in [0.5, 0.6) is 5.75 Å². The highest BCUT2D eigenvalue weighted by Crippen LogP contribution is 2.30. The maximum Gasteiger partial charge on any atom is 0.276 e. The van der Waals surface area contributed by atoms with Crippen molar-refractivity contribution in [2.24, 2.45) is 0 Å². The van der Waals surface area contributed by atoms with Crippen molar-refractivity contribution in [3.63, 3.8) is 0 Å². The molecule has 1 saturated heterocycles. The molecule has 0 spiro atoms. The van der Waals surface area contributed by atoms with Crippen LogP contribution < -0.4 is 19.9 Å². The Labute approximate surface area is 213 Å². The first-order valence-corrected chi connectivity index (χ1v) is 11.9. The number of halogens is 2. The normalized spacial score (nSPS) is 13.7. The Hall–Kier alpha value is -3.55. The monoisotopic (exact) mass is 507 g/mol. The first kappa shape index (κ1) is 23.2. The molecule has 0 aliphatic carbocycles. The Kier molecular flexibility index (Phi) is 6.61. The molecule has 0 radical (unpaired) electrons. The smallest absolute Gasteiger partial charge is 0.276 e. The average Bonchev–Trinajstić information content (AvgIpc) is 2.90. The molecular formula is C26H23Cl2N5O2. The summed E-state index contributed by atoms with van der Waals surface area (Å²) in [6, 6.07) is 20.6. The number of nitrogens with one attached hydrogen (secondary N) is 1. The van der Waals surface area contributed by atoms with Crippen LogP contribution in [-0.2, 0) is 0 Å². The summed E-state index contributed by atoms with van der Waals surface area (Å²) in [6.45, 7) is 3.12. The highest BCUT2D eigenvalue weighted by Gasteiger charge is 2.23. The molecule has 0 unspecified atom stereocenters. The number of ether oxygens (including phenoxy) is 1. The number of fused-ring (bicyclic) bond motifs is 1. The second kappa shape index (κ2) is 9.98. The molecule has 1 N–H and O–H groups in total. The molecule has 0 saturated carbocycles. The van der Waals surface area contributed by atoms with Gasteiger partial charge in [0.05, 0.1) is 17.2 Å². The van der Waals surface area contributed by atoms with Crippen LogP contribution in [0.3, 0.4) is 0 Å². The summed E-state index contributed by atoms with van der Waals surface area (Å²) in [7, 11) is 1.60. The first-order chi connectivity index (χ1) is 17.0. The summed E-state index contributed by atoms with van der Waals surface area (Å²) >= 11 is 12.3. The molecule has 1 aromatic heterocycles. The van der Waals surface area contributed by atoms with Gasteiger partial charge in [-0.05, 0) is 42.5 Å². The molecule has 2 heterocycles. The van der Waals surface area contributed by atoms with Gasteiger partial charge in [0.15, 0.2) is 11.5 Å². The fraction of sp³-hybridized carbons (Fsp3) is 0.192. The van der Waals surface area contributed by atoms with Gasteiger partial charge in [-0.2, -0.15) is 0 Å². The standard InChI is InChI=1S/C26H23Cl2N5O2/c1-35-19-9-6-17(7-10-19)29-26(34)24-20-4-2-3-5-21(20)25(31-30-24)33-14-12-32(13-15-33)18-8-11-22(27)23(28)16-18/h2-11,16H,12-15H2,1H3,(H,29,34). The fourth-order valence-corrected chi connectivity index (χ4v) is 4.51. The summed E-state index contributed by atoms with van der Waals surface area (Å²) in [5, 5.41) is 14.5. The van der Waals surface area contributed by atoms with Gasteiger partial charge in [0.25, 0.3) is 5.91 Å². The molecule has 178 valence electrons. The zero-order valence-electron chi connectivity index (χ0n) is 19.0. The zero-order valence-corrected chi connectivity index (χ0v) is 20.6. The maximum absolute atomic E-state index is 13.0. The van der Waals surface area contributed by atoms with E-state index in [0.29, 0.717) is 15.7 Å². The lowest BCUT2D eigenvalue weighted by molar-refractivity contribution is 0.102. The second-order valence-corrected chi connectivity index (χ2v) is 8.99. The van der Waals surface area contributed by atoms with Crippen LogP contribution >= 0.6 is 23.2 Å². The maximum atomic E-state index is 13.0. The molecular weight excluding hydrogens is 485 g/mol. The largest absolute Gasteiger partial charge is 0.497 e. The molecule has 0 atom stereocenters. The number of rotatable bonds is 5. The van der Waals surface area contributed by atoms with Crippen molar-refractivity contribution >= 4 is 57.1 Å². The van der Waals surface area contributed by atoms with Crippen LogP contribution in [0.15, 0.2) is 66.7 Å². The molecule has 1 aliphatic rings. The lowest BCUT2D eigenvalue weighted by Gasteiger charge is -2.37. The number of carbonyl (C=O) groups excluding carboxylic acids is 1. The van der Waals surface area contributed by atoms with Gasteiger partial charge in [0.2, 0.25) is 0 Å². The van der Waals surface area contributed by atoms with Crippen LogP contribution in [0, 0.1) is 0 Å². The summed E-state index contributed by atoms with van der Waals surface area (Å²) in [5.74, 6) is 1.18. The number of methoxy groups -OCH3 is 1. The molecule has 0 bridgehead atoms. The van der Waals surface area contributed by atoms with E-state index in [9.17, 15) is 4.79 Å². The number of benzene rings is 3. The molecule has 9 heteroatoms. The Morgan fingerprint density at radius 2 is 1.54 bits per heavy atom. The van der Waals surface area contributed by atoms with Crippen LogP contribution in [-0.4, -0.2) is 49.4 Å². The summed E-state index contributed by atoms with van der Waals surface area (Å²) in [4.78, 5) is 17.5. The number of carbonyl (C=O) groups is 1. The van der Waals surface area contributed by atoms with Crippen molar-refractivity contribution < 1.29 is 9.53 Å². The lowest BCUT2D eigenvalue weighted by Crippen LogP contribution is -2.47. The third-order valence-corrected chi connectivity index (χ3v) is 6.82. The van der Waals surface area contributed by atoms with Crippen molar-refractivity contribution in [2.75, 3.05) is 48.4 Å². The predicted molar refractivity (Wildman–Crippen MR) is 141 cm³/mol. The van der Waals surface area contributed by atoms with E-state index in [1.807, 2.05) is 42.5 Å². The number of aromatic nitrogens is 2. The highest BCUT2D eigenvalue weighted by atomic mass is 35.5. The highest BCUT2D eigenvalue weighted by molar-refractivity contribution is 6.42. The van der Waals surface area contributed by atoms with E-state index < -0.39 is 0 Å². The van der Waals surface area contributed by atoms with Crippen LogP contribution in [0.4, 0.5) is 17.2 Å². The van der Waals surface area contributed by atoms with E-state index in [1.165, 1.54) is 0 Å². The van der Waals surface area contributed by atoms with E-state index >= 15 is 0 Å². The van der Waals surface area contributed by atoms with Gasteiger partial charge < -0.3 is 19.9 Å². The molecule has 4 aromatic rings. The van der Waals surface area contributed by atoms with Crippen molar-refractivity contribution in [3.8, 4) is 5.75 Å². The molecule has 35 heavy (non-hydrogen) atoms. The van der Waals surface area contributed by atoms with Crippen LogP contribution in [0.25, 0.3) is 10.8 Å². The van der Waals surface area contributed by atoms with Crippen molar-refractivity contribution in [1.29, 1.82) is 0 Å². The van der Waals surface area contributed by atoms with E-state index in [0.717, 1.165) is 54.2 Å². The van der Waals surface area contributed by atoms with E-state index in [2.05, 4.69) is 25.3 Å². The Bertz CT molecular complexity index is 1370. The van der Waals surface area contributed by atoms with Gasteiger partial charge in [-0.15, -0.1) is 10.2 Å². The average molecular weight is 508 g/mol. The number of hydrogen-bond donors (Lipinski definition) is 1. The SMILES string of the molecule is COc1ccc(NC(=O)c2nnc(N3CCN(c4ccc(Cl)c(Cl)c4)CC3)c3ccccc23)cc1. The number of hydrogen-bond acceptors (Lipinski definition) is 6. The number of piperazine rings is 1. The minimum absolute atomic E-state index is 0.287. The second-order valence-electron chi connectivity index (χ2n) is 8.17. The minimum atomic E-state index is -0.310. The number of nitrogens with zero attached hydrogens (tertiary/aromatic N) is 4. The quantitative estimate of drug-likeness (QED) is 0.383. The first-order valence-electron chi connectivity index (χ1n) is 11.2. The third-order valence-electron chi connectivity index (χ3n) is 6.08. The van der Waals surface area contributed by atoms with Gasteiger partial charge in [0.1, 0.15) is 5.75 Å².